The number of hydrogen-bond acceptors (Lipinski definition) is 0. The number of benzene rings is 2. The third kappa shape index (κ3) is 1.57. The highest BCUT2D eigenvalue weighted by molar-refractivity contribution is 5.43. The Hall–Kier alpha value is -1.82. The molecule has 2 aromatic rings. The maximum absolute atomic E-state index is 3.47. The molecule has 0 amide bonds. The maximum atomic E-state index is 3.47. The zero-order chi connectivity index (χ0) is 10.8. The van der Waals surface area contributed by atoms with Crippen molar-refractivity contribution in [3.63, 3.8) is 0 Å². The van der Waals surface area contributed by atoms with Gasteiger partial charge >= 0.3 is 0 Å². The summed E-state index contributed by atoms with van der Waals surface area (Å²) in [4.78, 5) is 0. The van der Waals surface area contributed by atoms with Crippen LogP contribution in [0, 0.1) is 6.08 Å². The predicted octanol–water partition coefficient (Wildman–Crippen LogP) is 3.73. The van der Waals surface area contributed by atoms with Crippen LogP contribution in [0.1, 0.15) is 22.6 Å². The lowest BCUT2D eigenvalue weighted by Gasteiger charge is -2.20. The van der Waals surface area contributed by atoms with E-state index >= 15 is 0 Å². The first-order chi connectivity index (χ1) is 7.95. The quantitative estimate of drug-likeness (QED) is 0.665. The van der Waals surface area contributed by atoms with E-state index in [9.17, 15) is 0 Å². The predicted molar refractivity (Wildman–Crippen MR) is 66.2 cm³/mol. The largest absolute Gasteiger partial charge is 0.0756 e. The Kier molecular flexibility index (Phi) is 2.34. The van der Waals surface area contributed by atoms with E-state index in [0.29, 0.717) is 5.92 Å². The van der Waals surface area contributed by atoms with Gasteiger partial charge in [0.15, 0.2) is 0 Å². The molecule has 0 saturated carbocycles. The van der Waals surface area contributed by atoms with Gasteiger partial charge in [-0.1, -0.05) is 60.7 Å². The van der Waals surface area contributed by atoms with Crippen LogP contribution in [0.2, 0.25) is 0 Å². The van der Waals surface area contributed by atoms with Crippen molar-refractivity contribution in [2.75, 3.05) is 0 Å². The molecule has 1 aliphatic rings. The lowest BCUT2D eigenvalue weighted by molar-refractivity contribution is 0.928. The molecule has 0 heteroatoms. The van der Waals surface area contributed by atoms with Crippen molar-refractivity contribution in [2.45, 2.75) is 12.3 Å². The van der Waals surface area contributed by atoms with Crippen molar-refractivity contribution in [2.24, 2.45) is 0 Å². The van der Waals surface area contributed by atoms with Crippen LogP contribution in [0.25, 0.3) is 0 Å². The highest BCUT2D eigenvalue weighted by atomic mass is 14.2. The summed E-state index contributed by atoms with van der Waals surface area (Å²) in [5.41, 5.74) is 4.15. The number of fused-ring (bicyclic) bond motifs is 1. The topological polar surface area (TPSA) is 0 Å². The molecular formula is C16H13. The molecule has 0 nitrogen and oxygen atoms in total. The van der Waals surface area contributed by atoms with Crippen molar-refractivity contribution in [3.05, 3.63) is 83.4 Å². The molecule has 1 atom stereocenters. The minimum absolute atomic E-state index is 0.311. The Morgan fingerprint density at radius 3 is 2.50 bits per heavy atom. The Balaban J connectivity index is 2.09. The van der Waals surface area contributed by atoms with E-state index in [1.165, 1.54) is 16.7 Å². The summed E-state index contributed by atoms with van der Waals surface area (Å²) in [6, 6.07) is 19.2. The SMILES string of the molecule is [C]1=CCc2ccccc2C1c1ccccc1. The molecule has 0 N–H and O–H groups in total. The maximum Gasteiger partial charge on any atom is 0.0342 e. The fraction of sp³-hybridized carbons (Fsp3) is 0.125. The van der Waals surface area contributed by atoms with E-state index in [-0.39, 0.29) is 0 Å². The highest BCUT2D eigenvalue weighted by Gasteiger charge is 2.16. The Morgan fingerprint density at radius 2 is 1.62 bits per heavy atom. The third-order valence-corrected chi connectivity index (χ3v) is 3.11. The van der Waals surface area contributed by atoms with Crippen molar-refractivity contribution in [1.29, 1.82) is 0 Å². The average Bonchev–Trinajstić information content (AvgIpc) is 2.39. The second-order valence-corrected chi connectivity index (χ2v) is 4.12. The molecule has 1 radical (unpaired) electrons. The molecule has 0 fully saturated rings. The molecule has 0 aromatic heterocycles. The van der Waals surface area contributed by atoms with Gasteiger partial charge in [-0.15, -0.1) is 0 Å². The van der Waals surface area contributed by atoms with Crippen molar-refractivity contribution in [1.82, 2.24) is 0 Å². The molecule has 0 heterocycles. The van der Waals surface area contributed by atoms with E-state index in [1.54, 1.807) is 0 Å². The molecule has 3 rings (SSSR count). The van der Waals surface area contributed by atoms with E-state index in [4.69, 9.17) is 0 Å². The average molecular weight is 205 g/mol. The van der Waals surface area contributed by atoms with Crippen LogP contribution in [0.15, 0.2) is 60.7 Å². The minimum Gasteiger partial charge on any atom is -0.0756 e. The monoisotopic (exact) mass is 205 g/mol. The second-order valence-electron chi connectivity index (χ2n) is 4.12. The van der Waals surface area contributed by atoms with Crippen LogP contribution in [0.5, 0.6) is 0 Å². The van der Waals surface area contributed by atoms with Gasteiger partial charge < -0.3 is 0 Å². The van der Waals surface area contributed by atoms with E-state index < -0.39 is 0 Å². The van der Waals surface area contributed by atoms with Gasteiger partial charge in [0.25, 0.3) is 0 Å². The lowest BCUT2D eigenvalue weighted by atomic mass is 9.83. The molecule has 2 aromatic carbocycles. The molecule has 0 spiro atoms. The van der Waals surface area contributed by atoms with Gasteiger partial charge in [0.2, 0.25) is 0 Å². The minimum atomic E-state index is 0.311. The summed E-state index contributed by atoms with van der Waals surface area (Å²) in [5.74, 6) is 0.311. The van der Waals surface area contributed by atoms with E-state index in [0.717, 1.165) is 6.42 Å². The van der Waals surface area contributed by atoms with Crippen molar-refractivity contribution < 1.29 is 0 Å². The van der Waals surface area contributed by atoms with Crippen LogP contribution in [-0.4, -0.2) is 0 Å². The van der Waals surface area contributed by atoms with Crippen LogP contribution in [0.3, 0.4) is 0 Å². The molecular weight excluding hydrogens is 192 g/mol. The Labute approximate surface area is 96.3 Å². The van der Waals surface area contributed by atoms with Crippen LogP contribution >= 0.6 is 0 Å². The first-order valence-electron chi connectivity index (χ1n) is 5.65. The fourth-order valence-corrected chi connectivity index (χ4v) is 2.30. The van der Waals surface area contributed by atoms with Gasteiger partial charge in [0.1, 0.15) is 0 Å². The first-order valence-corrected chi connectivity index (χ1v) is 5.65. The molecule has 1 aliphatic carbocycles. The van der Waals surface area contributed by atoms with Gasteiger partial charge in [-0.2, -0.15) is 0 Å². The van der Waals surface area contributed by atoms with Crippen molar-refractivity contribution >= 4 is 0 Å². The number of rotatable bonds is 1. The second kappa shape index (κ2) is 3.97. The van der Waals surface area contributed by atoms with Gasteiger partial charge in [-0.25, -0.2) is 0 Å². The summed E-state index contributed by atoms with van der Waals surface area (Å²) in [5, 5.41) is 0. The smallest absolute Gasteiger partial charge is 0.0342 e. The van der Waals surface area contributed by atoms with Crippen LogP contribution in [0.4, 0.5) is 0 Å². The van der Waals surface area contributed by atoms with E-state index in [1.807, 2.05) is 0 Å². The summed E-state index contributed by atoms with van der Waals surface area (Å²) >= 11 is 0. The summed E-state index contributed by atoms with van der Waals surface area (Å²) in [7, 11) is 0. The van der Waals surface area contributed by atoms with Gasteiger partial charge in [-0.05, 0) is 29.2 Å². The molecule has 1 unspecified atom stereocenters. The van der Waals surface area contributed by atoms with Crippen molar-refractivity contribution in [3.8, 4) is 0 Å². The first kappa shape index (κ1) is 9.41. The highest BCUT2D eigenvalue weighted by Crippen LogP contribution is 2.31. The van der Waals surface area contributed by atoms with Crippen LogP contribution < -0.4 is 0 Å². The summed E-state index contributed by atoms with van der Waals surface area (Å²) in [6.07, 6.45) is 6.63. The van der Waals surface area contributed by atoms with Gasteiger partial charge in [0.05, 0.1) is 0 Å². The Bertz CT molecular complexity index is 509. The molecule has 16 heavy (non-hydrogen) atoms. The lowest BCUT2D eigenvalue weighted by Crippen LogP contribution is -2.06. The standard InChI is InChI=1S/C16H13/c1-2-7-13(8-3-1)16-12-6-10-14-9-4-5-11-15(14)16/h1-9,11,16H,10H2. The summed E-state index contributed by atoms with van der Waals surface area (Å²) < 4.78 is 0. The zero-order valence-electron chi connectivity index (χ0n) is 9.06. The molecule has 77 valence electrons. The fourth-order valence-electron chi connectivity index (χ4n) is 2.30. The van der Waals surface area contributed by atoms with Gasteiger partial charge in [0, 0.05) is 5.92 Å². The molecule has 0 saturated heterocycles. The number of allylic oxidation sites excluding steroid dienone is 2. The van der Waals surface area contributed by atoms with E-state index in [2.05, 4.69) is 66.7 Å². The normalized spacial score (nSPS) is 18.1. The molecule has 0 aliphatic heterocycles. The van der Waals surface area contributed by atoms with Gasteiger partial charge in [-0.3, -0.25) is 0 Å². The zero-order valence-corrected chi connectivity index (χ0v) is 9.06. The summed E-state index contributed by atoms with van der Waals surface area (Å²) in [6.45, 7) is 0. The third-order valence-electron chi connectivity index (χ3n) is 3.11. The molecule has 0 bridgehead atoms. The van der Waals surface area contributed by atoms with Crippen LogP contribution in [-0.2, 0) is 6.42 Å². The Morgan fingerprint density at radius 1 is 0.875 bits per heavy atom. The number of hydrogen-bond donors (Lipinski definition) is 0.